The molecule has 11 heteroatoms. The first-order chi connectivity index (χ1) is 17.2. The monoisotopic (exact) mass is 535 g/mol. The van der Waals surface area contributed by atoms with Crippen molar-refractivity contribution >= 4 is 27.5 Å². The number of amides is 2. The Morgan fingerprint density at radius 3 is 2.35 bits per heavy atom. The summed E-state index contributed by atoms with van der Waals surface area (Å²) in [6.45, 7) is 7.40. The second-order valence-electron chi connectivity index (χ2n) is 10.0. The molecular weight excluding hydrogens is 501 g/mol. The second kappa shape index (κ2) is 11.4. The molecule has 37 heavy (non-hydrogen) atoms. The standard InChI is InChI=1S/C26H34FN3O6S/c1-18(25(32)28-26(2,3)4)29(16-19-8-10-20(27)11-9-19)24(31)7-6-14-30(37(5,33)34)21-12-13-22-23(15-21)36-17-35-22/h8-13,15,18H,6-7,14,16-17H2,1-5H3,(H,28,32)/t18-/m0/s1. The Morgan fingerprint density at radius 1 is 1.08 bits per heavy atom. The number of nitrogens with zero attached hydrogens (tertiary/aromatic N) is 2. The minimum atomic E-state index is -3.64. The summed E-state index contributed by atoms with van der Waals surface area (Å²) in [5.74, 6) is -0.0524. The Bertz CT molecular complexity index is 1230. The molecule has 1 aliphatic heterocycles. The van der Waals surface area contributed by atoms with E-state index in [-0.39, 0.29) is 44.5 Å². The molecule has 0 bridgehead atoms. The number of hydrogen-bond donors (Lipinski definition) is 1. The molecule has 0 radical (unpaired) electrons. The van der Waals surface area contributed by atoms with Crippen LogP contribution in [0.1, 0.15) is 46.1 Å². The third-order valence-corrected chi connectivity index (χ3v) is 6.92. The van der Waals surface area contributed by atoms with Gasteiger partial charge in [-0.2, -0.15) is 0 Å². The molecule has 0 unspecified atom stereocenters. The van der Waals surface area contributed by atoms with Crippen LogP contribution in [-0.2, 0) is 26.2 Å². The fraction of sp³-hybridized carbons (Fsp3) is 0.462. The minimum Gasteiger partial charge on any atom is -0.454 e. The van der Waals surface area contributed by atoms with Crippen LogP contribution < -0.4 is 19.1 Å². The molecule has 2 aromatic rings. The molecule has 9 nitrogen and oxygen atoms in total. The molecule has 1 atom stereocenters. The lowest BCUT2D eigenvalue weighted by molar-refractivity contribution is -0.141. The summed E-state index contributed by atoms with van der Waals surface area (Å²) in [4.78, 5) is 27.6. The minimum absolute atomic E-state index is 0.00487. The summed E-state index contributed by atoms with van der Waals surface area (Å²) >= 11 is 0. The average Bonchev–Trinajstić information content (AvgIpc) is 3.27. The molecule has 0 saturated heterocycles. The van der Waals surface area contributed by atoms with Crippen molar-refractivity contribution in [3.8, 4) is 11.5 Å². The van der Waals surface area contributed by atoms with Crippen molar-refractivity contribution in [2.75, 3.05) is 23.9 Å². The fourth-order valence-corrected chi connectivity index (χ4v) is 4.84. The van der Waals surface area contributed by atoms with Gasteiger partial charge in [0.2, 0.25) is 28.6 Å². The van der Waals surface area contributed by atoms with E-state index in [4.69, 9.17) is 9.47 Å². The van der Waals surface area contributed by atoms with E-state index in [1.54, 1.807) is 37.3 Å². The summed E-state index contributed by atoms with van der Waals surface area (Å²) in [6, 6.07) is 9.78. The number of nitrogens with one attached hydrogen (secondary N) is 1. The molecule has 0 aromatic heterocycles. The van der Waals surface area contributed by atoms with Crippen LogP contribution in [0, 0.1) is 5.82 Å². The summed E-state index contributed by atoms with van der Waals surface area (Å²) in [5, 5.41) is 2.88. The maximum Gasteiger partial charge on any atom is 0.242 e. The highest BCUT2D eigenvalue weighted by Crippen LogP contribution is 2.36. The van der Waals surface area contributed by atoms with Crippen LogP contribution in [0.3, 0.4) is 0 Å². The average molecular weight is 536 g/mol. The Morgan fingerprint density at radius 2 is 1.73 bits per heavy atom. The van der Waals surface area contributed by atoms with Crippen molar-refractivity contribution in [1.29, 1.82) is 0 Å². The molecule has 0 aliphatic carbocycles. The highest BCUT2D eigenvalue weighted by molar-refractivity contribution is 7.92. The number of sulfonamides is 1. The highest BCUT2D eigenvalue weighted by Gasteiger charge is 2.29. The van der Waals surface area contributed by atoms with E-state index in [2.05, 4.69) is 5.32 Å². The van der Waals surface area contributed by atoms with Gasteiger partial charge in [-0.05, 0) is 63.9 Å². The van der Waals surface area contributed by atoms with Gasteiger partial charge in [-0.15, -0.1) is 0 Å². The van der Waals surface area contributed by atoms with E-state index in [0.29, 0.717) is 22.7 Å². The zero-order chi connectivity index (χ0) is 27.4. The van der Waals surface area contributed by atoms with Crippen LogP contribution in [0.5, 0.6) is 11.5 Å². The molecule has 1 N–H and O–H groups in total. The molecule has 2 aromatic carbocycles. The van der Waals surface area contributed by atoms with E-state index in [1.807, 2.05) is 20.8 Å². The van der Waals surface area contributed by atoms with E-state index in [9.17, 15) is 22.4 Å². The van der Waals surface area contributed by atoms with Crippen LogP contribution >= 0.6 is 0 Å². The van der Waals surface area contributed by atoms with Crippen molar-refractivity contribution < 1.29 is 31.9 Å². The van der Waals surface area contributed by atoms with Crippen molar-refractivity contribution in [3.05, 3.63) is 53.8 Å². The lowest BCUT2D eigenvalue weighted by Gasteiger charge is -2.32. The van der Waals surface area contributed by atoms with Gasteiger partial charge in [0, 0.05) is 31.1 Å². The van der Waals surface area contributed by atoms with Gasteiger partial charge in [-0.25, -0.2) is 12.8 Å². The second-order valence-corrected chi connectivity index (χ2v) is 11.9. The van der Waals surface area contributed by atoms with Crippen LogP contribution in [0.4, 0.5) is 10.1 Å². The summed E-state index contributed by atoms with van der Waals surface area (Å²) in [5.41, 5.74) is 0.583. The molecule has 202 valence electrons. The molecular formula is C26H34FN3O6S. The third-order valence-electron chi connectivity index (χ3n) is 5.73. The maximum atomic E-state index is 13.4. The number of halogens is 1. The SMILES string of the molecule is C[C@@H](C(=O)NC(C)(C)C)N(Cc1ccc(F)cc1)C(=O)CCCN(c1ccc2c(c1)OCO2)S(C)(=O)=O. The Balaban J connectivity index is 1.74. The normalized spacial score (nSPS) is 13.7. The van der Waals surface area contributed by atoms with Gasteiger partial charge in [0.1, 0.15) is 11.9 Å². The van der Waals surface area contributed by atoms with E-state index >= 15 is 0 Å². The van der Waals surface area contributed by atoms with Gasteiger partial charge in [0.05, 0.1) is 11.9 Å². The van der Waals surface area contributed by atoms with Gasteiger partial charge in [0.15, 0.2) is 11.5 Å². The van der Waals surface area contributed by atoms with Gasteiger partial charge in [0.25, 0.3) is 0 Å². The number of anilines is 1. The van der Waals surface area contributed by atoms with E-state index in [1.165, 1.54) is 21.3 Å². The van der Waals surface area contributed by atoms with E-state index < -0.39 is 27.4 Å². The summed E-state index contributed by atoms with van der Waals surface area (Å²) in [7, 11) is -3.64. The van der Waals surface area contributed by atoms with Crippen molar-refractivity contribution in [2.24, 2.45) is 0 Å². The Hall–Kier alpha value is -3.34. The lowest BCUT2D eigenvalue weighted by Crippen LogP contribution is -2.52. The van der Waals surface area contributed by atoms with Gasteiger partial charge in [-0.1, -0.05) is 12.1 Å². The fourth-order valence-electron chi connectivity index (χ4n) is 3.89. The first kappa shape index (κ1) is 28.2. The van der Waals surface area contributed by atoms with Crippen LogP contribution in [0.25, 0.3) is 0 Å². The molecule has 3 rings (SSSR count). The number of carbonyl (C=O) groups excluding carboxylic acids is 2. The first-order valence-corrected chi connectivity index (χ1v) is 13.8. The van der Waals surface area contributed by atoms with Gasteiger partial charge < -0.3 is 19.7 Å². The predicted octanol–water partition coefficient (Wildman–Crippen LogP) is 3.43. The Labute approximate surface area is 217 Å². The molecule has 0 saturated carbocycles. The molecule has 0 fully saturated rings. The number of carbonyl (C=O) groups is 2. The smallest absolute Gasteiger partial charge is 0.242 e. The topological polar surface area (TPSA) is 105 Å². The molecule has 1 aliphatic rings. The number of ether oxygens (including phenoxy) is 2. The number of rotatable bonds is 10. The lowest BCUT2D eigenvalue weighted by atomic mass is 10.1. The van der Waals surface area contributed by atoms with Crippen LogP contribution in [0.2, 0.25) is 0 Å². The zero-order valence-electron chi connectivity index (χ0n) is 21.8. The highest BCUT2D eigenvalue weighted by atomic mass is 32.2. The molecule has 1 heterocycles. The number of hydrogen-bond acceptors (Lipinski definition) is 6. The Kier molecular flexibility index (Phi) is 8.68. The van der Waals surface area contributed by atoms with Gasteiger partial charge in [-0.3, -0.25) is 13.9 Å². The van der Waals surface area contributed by atoms with E-state index in [0.717, 1.165) is 6.26 Å². The van der Waals surface area contributed by atoms with Crippen molar-refractivity contribution in [1.82, 2.24) is 10.2 Å². The molecule has 2 amide bonds. The third kappa shape index (κ3) is 7.82. The number of benzene rings is 2. The van der Waals surface area contributed by atoms with Crippen molar-refractivity contribution in [3.63, 3.8) is 0 Å². The largest absolute Gasteiger partial charge is 0.454 e. The number of fused-ring (bicyclic) bond motifs is 1. The maximum absolute atomic E-state index is 13.4. The van der Waals surface area contributed by atoms with Crippen LogP contribution in [-0.4, -0.2) is 56.3 Å². The predicted molar refractivity (Wildman–Crippen MR) is 138 cm³/mol. The quantitative estimate of drug-likeness (QED) is 0.500. The summed E-state index contributed by atoms with van der Waals surface area (Å²) in [6.07, 6.45) is 1.32. The molecule has 0 spiro atoms. The van der Waals surface area contributed by atoms with Gasteiger partial charge >= 0.3 is 0 Å². The van der Waals surface area contributed by atoms with Crippen molar-refractivity contribution in [2.45, 2.75) is 58.7 Å². The first-order valence-electron chi connectivity index (χ1n) is 12.0. The zero-order valence-corrected chi connectivity index (χ0v) is 22.6. The van der Waals surface area contributed by atoms with Crippen LogP contribution in [0.15, 0.2) is 42.5 Å². The summed E-state index contributed by atoms with van der Waals surface area (Å²) < 4.78 is 50.3.